The van der Waals surface area contributed by atoms with Gasteiger partial charge in [-0.15, -0.1) is 0 Å². The van der Waals surface area contributed by atoms with Gasteiger partial charge in [-0.2, -0.15) is 0 Å². The van der Waals surface area contributed by atoms with Gasteiger partial charge in [-0.25, -0.2) is 9.97 Å². The van der Waals surface area contributed by atoms with Gasteiger partial charge in [0.25, 0.3) is 0 Å². The fourth-order valence-electron chi connectivity index (χ4n) is 1.88. The second kappa shape index (κ2) is 3.65. The molecule has 1 saturated carbocycles. The SMILES string of the molecule is c1cnc(C2CCCCC2)nc1. The van der Waals surface area contributed by atoms with E-state index in [1.165, 1.54) is 32.1 Å². The zero-order valence-electron chi connectivity index (χ0n) is 7.24. The molecule has 1 aliphatic carbocycles. The standard InChI is InChI=1S/C10H14N2/c1-2-5-9(6-3-1)10-11-7-4-8-12-10/h4,7-9H,1-3,5-6H2. The van der Waals surface area contributed by atoms with Crippen LogP contribution >= 0.6 is 0 Å². The highest BCUT2D eigenvalue weighted by Gasteiger charge is 2.16. The van der Waals surface area contributed by atoms with E-state index in [1.807, 2.05) is 18.5 Å². The van der Waals surface area contributed by atoms with Crippen molar-refractivity contribution in [1.82, 2.24) is 9.97 Å². The average molecular weight is 162 g/mol. The largest absolute Gasteiger partial charge is 0.241 e. The van der Waals surface area contributed by atoms with Gasteiger partial charge in [0.2, 0.25) is 0 Å². The van der Waals surface area contributed by atoms with Gasteiger partial charge < -0.3 is 0 Å². The molecule has 2 heteroatoms. The van der Waals surface area contributed by atoms with Crippen molar-refractivity contribution in [2.45, 2.75) is 38.0 Å². The Morgan fingerprint density at radius 1 is 1.00 bits per heavy atom. The molecule has 0 aliphatic heterocycles. The van der Waals surface area contributed by atoms with Gasteiger partial charge in [0.15, 0.2) is 0 Å². The van der Waals surface area contributed by atoms with Crippen LogP contribution < -0.4 is 0 Å². The van der Waals surface area contributed by atoms with E-state index in [-0.39, 0.29) is 0 Å². The molecule has 0 unspecified atom stereocenters. The summed E-state index contributed by atoms with van der Waals surface area (Å²) in [4.78, 5) is 8.58. The summed E-state index contributed by atoms with van der Waals surface area (Å²) in [6, 6.07) is 1.88. The second-order valence-corrected chi connectivity index (χ2v) is 3.44. The molecule has 1 aliphatic rings. The first-order valence-electron chi connectivity index (χ1n) is 4.74. The Hall–Kier alpha value is -0.920. The van der Waals surface area contributed by atoms with Gasteiger partial charge in [0, 0.05) is 18.3 Å². The summed E-state index contributed by atoms with van der Waals surface area (Å²) in [5.74, 6) is 1.69. The summed E-state index contributed by atoms with van der Waals surface area (Å²) in [6.45, 7) is 0. The minimum Gasteiger partial charge on any atom is -0.241 e. The quantitative estimate of drug-likeness (QED) is 0.634. The number of nitrogens with zero attached hydrogens (tertiary/aromatic N) is 2. The molecule has 0 atom stereocenters. The summed E-state index contributed by atoms with van der Waals surface area (Å²) in [5.41, 5.74) is 0. The van der Waals surface area contributed by atoms with E-state index in [4.69, 9.17) is 0 Å². The Morgan fingerprint density at radius 2 is 1.67 bits per heavy atom. The Labute approximate surface area is 73.1 Å². The van der Waals surface area contributed by atoms with Crippen LogP contribution in [0.1, 0.15) is 43.8 Å². The van der Waals surface area contributed by atoms with Crippen molar-refractivity contribution in [2.75, 3.05) is 0 Å². The number of hydrogen-bond acceptors (Lipinski definition) is 2. The molecule has 1 heterocycles. The van der Waals surface area contributed by atoms with Crippen molar-refractivity contribution in [3.05, 3.63) is 24.3 Å². The molecular formula is C10H14N2. The Kier molecular flexibility index (Phi) is 2.35. The highest BCUT2D eigenvalue weighted by molar-refractivity contribution is 4.97. The zero-order valence-corrected chi connectivity index (χ0v) is 7.24. The molecule has 0 spiro atoms. The van der Waals surface area contributed by atoms with Crippen molar-refractivity contribution >= 4 is 0 Å². The van der Waals surface area contributed by atoms with Crippen LogP contribution in [0.25, 0.3) is 0 Å². The van der Waals surface area contributed by atoms with Crippen LogP contribution in [-0.2, 0) is 0 Å². The van der Waals surface area contributed by atoms with Crippen LogP contribution in [0.2, 0.25) is 0 Å². The molecule has 0 aromatic carbocycles. The molecule has 1 aromatic heterocycles. The monoisotopic (exact) mass is 162 g/mol. The lowest BCUT2D eigenvalue weighted by atomic mass is 9.89. The van der Waals surface area contributed by atoms with Crippen molar-refractivity contribution in [3.8, 4) is 0 Å². The number of aromatic nitrogens is 2. The van der Waals surface area contributed by atoms with Crippen LogP contribution in [0, 0.1) is 0 Å². The molecule has 1 fully saturated rings. The lowest BCUT2D eigenvalue weighted by Gasteiger charge is -2.19. The maximum atomic E-state index is 4.29. The van der Waals surface area contributed by atoms with E-state index in [2.05, 4.69) is 9.97 Å². The summed E-state index contributed by atoms with van der Waals surface area (Å²) in [5, 5.41) is 0. The van der Waals surface area contributed by atoms with Crippen LogP contribution in [0.4, 0.5) is 0 Å². The van der Waals surface area contributed by atoms with E-state index < -0.39 is 0 Å². The minimum atomic E-state index is 0.639. The van der Waals surface area contributed by atoms with E-state index >= 15 is 0 Å². The lowest BCUT2D eigenvalue weighted by molar-refractivity contribution is 0.428. The highest BCUT2D eigenvalue weighted by atomic mass is 14.9. The van der Waals surface area contributed by atoms with Crippen molar-refractivity contribution in [3.63, 3.8) is 0 Å². The van der Waals surface area contributed by atoms with E-state index in [1.54, 1.807) is 0 Å². The summed E-state index contributed by atoms with van der Waals surface area (Å²) >= 11 is 0. The van der Waals surface area contributed by atoms with Crippen LogP contribution in [0.3, 0.4) is 0 Å². The number of hydrogen-bond donors (Lipinski definition) is 0. The molecule has 2 rings (SSSR count). The van der Waals surface area contributed by atoms with Crippen LogP contribution in [0.15, 0.2) is 18.5 Å². The summed E-state index contributed by atoms with van der Waals surface area (Å²) < 4.78 is 0. The van der Waals surface area contributed by atoms with Gasteiger partial charge >= 0.3 is 0 Å². The molecule has 0 saturated heterocycles. The predicted molar refractivity (Wildman–Crippen MR) is 47.9 cm³/mol. The number of rotatable bonds is 1. The molecule has 0 N–H and O–H groups in total. The molecule has 1 aromatic rings. The van der Waals surface area contributed by atoms with E-state index in [9.17, 15) is 0 Å². The van der Waals surface area contributed by atoms with Crippen molar-refractivity contribution < 1.29 is 0 Å². The molecule has 0 bridgehead atoms. The fourth-order valence-corrected chi connectivity index (χ4v) is 1.88. The van der Waals surface area contributed by atoms with Crippen molar-refractivity contribution in [2.24, 2.45) is 0 Å². The third-order valence-electron chi connectivity index (χ3n) is 2.56. The topological polar surface area (TPSA) is 25.8 Å². The van der Waals surface area contributed by atoms with Gasteiger partial charge in [-0.05, 0) is 18.9 Å². The third kappa shape index (κ3) is 1.63. The second-order valence-electron chi connectivity index (χ2n) is 3.44. The molecular weight excluding hydrogens is 148 g/mol. The maximum absolute atomic E-state index is 4.29. The Bertz CT molecular complexity index is 227. The van der Waals surface area contributed by atoms with E-state index in [0.29, 0.717) is 5.92 Å². The molecule has 64 valence electrons. The van der Waals surface area contributed by atoms with Gasteiger partial charge in [-0.3, -0.25) is 0 Å². The normalized spacial score (nSPS) is 19.3. The lowest BCUT2D eigenvalue weighted by Crippen LogP contribution is -2.07. The predicted octanol–water partition coefficient (Wildman–Crippen LogP) is 2.52. The first-order valence-corrected chi connectivity index (χ1v) is 4.74. The zero-order chi connectivity index (χ0) is 8.23. The summed E-state index contributed by atoms with van der Waals surface area (Å²) in [6.07, 6.45) is 10.3. The van der Waals surface area contributed by atoms with Crippen LogP contribution in [0.5, 0.6) is 0 Å². The Balaban J connectivity index is 2.08. The highest BCUT2D eigenvalue weighted by Crippen LogP contribution is 2.29. The average Bonchev–Trinajstić information content (AvgIpc) is 2.21. The molecule has 0 radical (unpaired) electrons. The fraction of sp³-hybridized carbons (Fsp3) is 0.600. The van der Waals surface area contributed by atoms with Gasteiger partial charge in [0.05, 0.1) is 0 Å². The van der Waals surface area contributed by atoms with Gasteiger partial charge in [-0.1, -0.05) is 19.3 Å². The molecule has 2 nitrogen and oxygen atoms in total. The maximum Gasteiger partial charge on any atom is 0.131 e. The smallest absolute Gasteiger partial charge is 0.131 e. The van der Waals surface area contributed by atoms with E-state index in [0.717, 1.165) is 5.82 Å². The first-order chi connectivity index (χ1) is 5.97. The molecule has 0 amide bonds. The van der Waals surface area contributed by atoms with Crippen molar-refractivity contribution in [1.29, 1.82) is 0 Å². The first kappa shape index (κ1) is 7.71. The minimum absolute atomic E-state index is 0.639. The summed E-state index contributed by atoms with van der Waals surface area (Å²) in [7, 11) is 0. The van der Waals surface area contributed by atoms with Gasteiger partial charge in [0.1, 0.15) is 5.82 Å². The molecule has 12 heavy (non-hydrogen) atoms. The Morgan fingerprint density at radius 3 is 2.33 bits per heavy atom. The third-order valence-corrected chi connectivity index (χ3v) is 2.56. The van der Waals surface area contributed by atoms with Crippen LogP contribution in [-0.4, -0.2) is 9.97 Å².